The first-order chi connectivity index (χ1) is 20.2. The van der Waals surface area contributed by atoms with Gasteiger partial charge in [-0.1, -0.05) is 11.5 Å². The number of furan rings is 1. The summed E-state index contributed by atoms with van der Waals surface area (Å²) in [6, 6.07) is 6.59. The van der Waals surface area contributed by atoms with Gasteiger partial charge in [0.2, 0.25) is 17.9 Å². The summed E-state index contributed by atoms with van der Waals surface area (Å²) < 4.78 is 26.3. The zero-order chi connectivity index (χ0) is 30.1. The molecule has 0 radical (unpaired) electrons. The van der Waals surface area contributed by atoms with Gasteiger partial charge in [0, 0.05) is 56.0 Å². The summed E-state index contributed by atoms with van der Waals surface area (Å²) in [7, 11) is 0. The number of ether oxygens (including phenoxy) is 3. The fourth-order valence-corrected chi connectivity index (χ4v) is 4.19. The first-order valence-electron chi connectivity index (χ1n) is 13.5. The monoisotopic (exact) mass is 586 g/mol. The summed E-state index contributed by atoms with van der Waals surface area (Å²) >= 11 is 0. The van der Waals surface area contributed by atoms with Gasteiger partial charge in [-0.05, 0) is 37.5 Å². The van der Waals surface area contributed by atoms with Crippen LogP contribution in [0.5, 0.6) is 5.75 Å². The minimum Gasteiger partial charge on any atom is -0.486 e. The number of nitrogens with one attached hydrogen (secondary N) is 1. The zero-order valence-corrected chi connectivity index (χ0v) is 22.9. The van der Waals surface area contributed by atoms with E-state index in [1.54, 1.807) is 12.1 Å². The molecule has 4 rings (SSSR count). The molecule has 3 heterocycles. The predicted molar refractivity (Wildman–Crippen MR) is 143 cm³/mol. The van der Waals surface area contributed by atoms with Crippen LogP contribution in [0.25, 0.3) is 21.9 Å². The van der Waals surface area contributed by atoms with Crippen LogP contribution in [-0.4, -0.2) is 54.4 Å². The van der Waals surface area contributed by atoms with E-state index in [4.69, 9.17) is 23.0 Å². The van der Waals surface area contributed by atoms with E-state index >= 15 is 0 Å². The Morgan fingerprint density at radius 1 is 0.929 bits per heavy atom. The average Bonchev–Trinajstić information content (AvgIpc) is 3.54. The third kappa shape index (κ3) is 8.08. The lowest BCUT2D eigenvalue weighted by Crippen LogP contribution is -2.34. The summed E-state index contributed by atoms with van der Waals surface area (Å²) in [5, 5.41) is 4.64. The van der Waals surface area contributed by atoms with Gasteiger partial charge in [0.25, 0.3) is 11.8 Å². The van der Waals surface area contributed by atoms with Crippen LogP contribution < -0.4 is 15.7 Å². The van der Waals surface area contributed by atoms with Gasteiger partial charge in [-0.3, -0.25) is 24.0 Å². The SMILES string of the molecule is CC(OC(=O)CCCCCNC(=O)CCCOc1c2occc2cc2ccc(=O)oc12)OC(=O)ON1C(=O)CCC1=O. The van der Waals surface area contributed by atoms with Crippen molar-refractivity contribution in [3.8, 4) is 5.75 Å². The Morgan fingerprint density at radius 2 is 1.69 bits per heavy atom. The van der Waals surface area contributed by atoms with Gasteiger partial charge < -0.3 is 28.4 Å². The molecule has 0 saturated carbocycles. The predicted octanol–water partition coefficient (Wildman–Crippen LogP) is 3.48. The van der Waals surface area contributed by atoms with Gasteiger partial charge in [0.05, 0.1) is 12.9 Å². The zero-order valence-electron chi connectivity index (χ0n) is 22.9. The molecule has 1 N–H and O–H groups in total. The van der Waals surface area contributed by atoms with Gasteiger partial charge >= 0.3 is 17.8 Å². The molecular formula is C28H30N2O12. The molecule has 1 aliphatic rings. The number of benzene rings is 1. The fraction of sp³-hybridized carbons (Fsp3) is 0.429. The number of rotatable bonds is 14. The van der Waals surface area contributed by atoms with Crippen LogP contribution in [0.15, 0.2) is 44.2 Å². The van der Waals surface area contributed by atoms with Crippen molar-refractivity contribution < 1.29 is 51.9 Å². The molecule has 3 amide bonds. The van der Waals surface area contributed by atoms with Crippen LogP contribution in [0, 0.1) is 0 Å². The Hall–Kier alpha value is -4.88. The highest BCUT2D eigenvalue weighted by Gasteiger charge is 2.34. The van der Waals surface area contributed by atoms with Gasteiger partial charge in [0.15, 0.2) is 11.2 Å². The van der Waals surface area contributed by atoms with E-state index in [1.807, 2.05) is 6.07 Å². The van der Waals surface area contributed by atoms with E-state index in [0.29, 0.717) is 54.0 Å². The molecule has 0 bridgehead atoms. The number of carbonyl (C=O) groups is 5. The average molecular weight is 587 g/mol. The lowest BCUT2D eigenvalue weighted by Gasteiger charge is -2.16. The van der Waals surface area contributed by atoms with Crippen molar-refractivity contribution in [2.24, 2.45) is 0 Å². The highest BCUT2D eigenvalue weighted by atomic mass is 16.9. The third-order valence-electron chi connectivity index (χ3n) is 6.19. The Labute approximate surface area is 238 Å². The molecule has 2 aromatic heterocycles. The highest BCUT2D eigenvalue weighted by molar-refractivity contribution is 6.01. The summed E-state index contributed by atoms with van der Waals surface area (Å²) in [6.45, 7) is 1.93. The molecule has 1 fully saturated rings. The fourth-order valence-electron chi connectivity index (χ4n) is 4.19. The number of hydrogen-bond donors (Lipinski definition) is 1. The molecule has 0 aliphatic carbocycles. The van der Waals surface area contributed by atoms with Crippen molar-refractivity contribution in [1.29, 1.82) is 0 Å². The first-order valence-corrected chi connectivity index (χ1v) is 13.5. The molecule has 224 valence electrons. The van der Waals surface area contributed by atoms with Crippen LogP contribution in [0.4, 0.5) is 4.79 Å². The Balaban J connectivity index is 1.06. The summed E-state index contributed by atoms with van der Waals surface area (Å²) in [4.78, 5) is 74.9. The van der Waals surface area contributed by atoms with Gasteiger partial charge in [-0.25, -0.2) is 9.59 Å². The second-order valence-corrected chi connectivity index (χ2v) is 9.43. The number of hydrogen-bond acceptors (Lipinski definition) is 12. The van der Waals surface area contributed by atoms with E-state index in [1.165, 1.54) is 19.3 Å². The van der Waals surface area contributed by atoms with Crippen molar-refractivity contribution in [3.05, 3.63) is 40.9 Å². The lowest BCUT2D eigenvalue weighted by atomic mass is 10.1. The number of unbranched alkanes of at least 4 members (excludes halogenated alkanes) is 2. The summed E-state index contributed by atoms with van der Waals surface area (Å²) in [5.41, 5.74) is 0.241. The third-order valence-corrected chi connectivity index (χ3v) is 6.19. The van der Waals surface area contributed by atoms with E-state index in [-0.39, 0.29) is 43.8 Å². The number of carbonyl (C=O) groups excluding carboxylic acids is 5. The Kier molecular flexibility index (Phi) is 10.1. The highest BCUT2D eigenvalue weighted by Crippen LogP contribution is 2.35. The van der Waals surface area contributed by atoms with Crippen LogP contribution in [0.1, 0.15) is 58.3 Å². The van der Waals surface area contributed by atoms with Crippen LogP contribution in [-0.2, 0) is 33.5 Å². The Morgan fingerprint density at radius 3 is 2.48 bits per heavy atom. The Bertz CT molecular complexity index is 1510. The van der Waals surface area contributed by atoms with Crippen molar-refractivity contribution in [2.75, 3.05) is 13.2 Å². The van der Waals surface area contributed by atoms with Crippen LogP contribution in [0.2, 0.25) is 0 Å². The summed E-state index contributed by atoms with van der Waals surface area (Å²) in [5.74, 6) is -1.75. The molecule has 1 saturated heterocycles. The number of amides is 3. The molecule has 1 unspecified atom stereocenters. The minimum absolute atomic E-state index is 0.0551. The summed E-state index contributed by atoms with van der Waals surface area (Å²) in [6.07, 6.45) is 1.27. The van der Waals surface area contributed by atoms with Crippen molar-refractivity contribution in [1.82, 2.24) is 10.4 Å². The smallest absolute Gasteiger partial charge is 0.486 e. The quantitative estimate of drug-likeness (QED) is 0.0956. The molecule has 14 heteroatoms. The van der Waals surface area contributed by atoms with Crippen LogP contribution >= 0.6 is 0 Å². The van der Waals surface area contributed by atoms with Gasteiger partial charge in [-0.15, -0.1) is 0 Å². The topological polar surface area (TPSA) is 181 Å². The molecule has 1 aliphatic heterocycles. The molecule has 3 aromatic rings. The maximum Gasteiger partial charge on any atom is 0.537 e. The number of hydroxylamine groups is 2. The molecule has 1 aromatic carbocycles. The largest absolute Gasteiger partial charge is 0.537 e. The van der Waals surface area contributed by atoms with Gasteiger partial charge in [-0.2, -0.15) is 0 Å². The van der Waals surface area contributed by atoms with E-state index in [9.17, 15) is 28.8 Å². The second-order valence-electron chi connectivity index (χ2n) is 9.43. The molecular weight excluding hydrogens is 556 g/mol. The van der Waals surface area contributed by atoms with Crippen molar-refractivity contribution in [2.45, 2.75) is 64.6 Å². The lowest BCUT2D eigenvalue weighted by molar-refractivity contribution is -0.191. The molecule has 14 nitrogen and oxygen atoms in total. The van der Waals surface area contributed by atoms with E-state index < -0.39 is 35.9 Å². The van der Waals surface area contributed by atoms with Gasteiger partial charge in [0.1, 0.15) is 0 Å². The van der Waals surface area contributed by atoms with Crippen molar-refractivity contribution >= 4 is 51.8 Å². The second kappa shape index (κ2) is 14.1. The minimum atomic E-state index is -1.34. The first kappa shape index (κ1) is 30.1. The maximum atomic E-state index is 12.2. The standard InChI is InChI=1S/C28H30N2O12/c1-17(40-28(36)42-30-21(32)9-10-22(30)33)39-23(34)7-3-2-4-13-29-20(31)6-5-14-37-27-25-19(12-15-38-25)16-18-8-11-24(35)41-26(18)27/h8,11-12,15-17H,2-7,9-10,13-14H2,1H3,(H,29,31). The molecule has 0 spiro atoms. The maximum absolute atomic E-state index is 12.2. The normalized spacial score (nSPS) is 13.8. The number of imide groups is 1. The molecule has 1 atom stereocenters. The molecule has 42 heavy (non-hydrogen) atoms. The number of nitrogens with zero attached hydrogens (tertiary/aromatic N) is 1. The van der Waals surface area contributed by atoms with Crippen LogP contribution in [0.3, 0.4) is 0 Å². The number of fused-ring (bicyclic) bond motifs is 2. The van der Waals surface area contributed by atoms with E-state index in [2.05, 4.69) is 10.2 Å². The number of esters is 1. The van der Waals surface area contributed by atoms with E-state index in [0.717, 1.165) is 5.39 Å². The van der Waals surface area contributed by atoms with Crippen molar-refractivity contribution in [3.63, 3.8) is 0 Å².